The first-order valence-corrected chi connectivity index (χ1v) is 4.88. The third-order valence-corrected chi connectivity index (χ3v) is 2.73. The van der Waals surface area contributed by atoms with E-state index in [1.54, 1.807) is 0 Å². The predicted octanol–water partition coefficient (Wildman–Crippen LogP) is 3.45. The van der Waals surface area contributed by atoms with Gasteiger partial charge >= 0.3 is 0 Å². The Morgan fingerprint density at radius 2 is 2.15 bits per heavy atom. The van der Waals surface area contributed by atoms with Gasteiger partial charge in [-0.25, -0.2) is 0 Å². The molecule has 0 aliphatic carbocycles. The van der Waals surface area contributed by atoms with Gasteiger partial charge in [-0.3, -0.25) is 0 Å². The molecule has 13 heavy (non-hydrogen) atoms. The number of pyridine rings is 1. The Labute approximate surface area is 79.0 Å². The molecule has 2 rings (SSSR count). The van der Waals surface area contributed by atoms with Crippen LogP contribution in [-0.4, -0.2) is 4.40 Å². The summed E-state index contributed by atoms with van der Waals surface area (Å²) in [4.78, 5) is 0. The van der Waals surface area contributed by atoms with E-state index in [2.05, 4.69) is 54.9 Å². The molecule has 2 aromatic rings. The van der Waals surface area contributed by atoms with Crippen molar-refractivity contribution in [3.8, 4) is 0 Å². The maximum atomic E-state index is 2.27. The lowest BCUT2D eigenvalue weighted by Crippen LogP contribution is -1.93. The molecule has 0 aliphatic rings. The molecule has 0 N–H and O–H groups in total. The summed E-state index contributed by atoms with van der Waals surface area (Å²) < 4.78 is 2.18. The molecule has 0 radical (unpaired) electrons. The second-order valence-corrected chi connectivity index (χ2v) is 3.61. The molecule has 1 atom stereocenters. The highest BCUT2D eigenvalue weighted by atomic mass is 14.8. The molecule has 0 spiro atoms. The molecule has 1 nitrogen and oxygen atoms in total. The number of hydrogen-bond donors (Lipinski definition) is 0. The Balaban J connectivity index is 2.48. The monoisotopic (exact) mass is 173 g/mol. The Morgan fingerprint density at radius 1 is 1.31 bits per heavy atom. The van der Waals surface area contributed by atoms with Crippen molar-refractivity contribution in [1.82, 2.24) is 4.40 Å². The Kier molecular flexibility index (Phi) is 2.09. The zero-order chi connectivity index (χ0) is 9.26. The van der Waals surface area contributed by atoms with Crippen molar-refractivity contribution < 1.29 is 0 Å². The van der Waals surface area contributed by atoms with Gasteiger partial charge < -0.3 is 4.40 Å². The van der Waals surface area contributed by atoms with Crippen LogP contribution in [0.5, 0.6) is 0 Å². The summed E-state index contributed by atoms with van der Waals surface area (Å²) in [5.41, 5.74) is 2.69. The minimum atomic E-state index is 0.659. The van der Waals surface area contributed by atoms with Gasteiger partial charge in [-0.1, -0.05) is 19.9 Å². The molecule has 1 heteroatoms. The first kappa shape index (κ1) is 8.36. The second kappa shape index (κ2) is 3.25. The lowest BCUT2D eigenvalue weighted by molar-refractivity contribution is 0.728. The summed E-state index contributed by atoms with van der Waals surface area (Å²) in [5.74, 6) is 0.659. The highest BCUT2D eigenvalue weighted by molar-refractivity contribution is 5.48. The van der Waals surface area contributed by atoms with E-state index in [4.69, 9.17) is 0 Å². The second-order valence-electron chi connectivity index (χ2n) is 3.61. The van der Waals surface area contributed by atoms with E-state index in [0.29, 0.717) is 5.92 Å². The lowest BCUT2D eigenvalue weighted by atomic mass is 10.0. The molecule has 0 fully saturated rings. The quantitative estimate of drug-likeness (QED) is 0.655. The minimum Gasteiger partial charge on any atom is -0.324 e. The van der Waals surface area contributed by atoms with Crippen LogP contribution < -0.4 is 0 Å². The minimum absolute atomic E-state index is 0.659. The summed E-state index contributed by atoms with van der Waals surface area (Å²) in [6, 6.07) is 8.61. The topological polar surface area (TPSA) is 4.41 Å². The van der Waals surface area contributed by atoms with E-state index in [9.17, 15) is 0 Å². The molecular weight excluding hydrogens is 158 g/mol. The maximum Gasteiger partial charge on any atom is 0.0450 e. The summed E-state index contributed by atoms with van der Waals surface area (Å²) in [7, 11) is 0. The van der Waals surface area contributed by atoms with E-state index in [-0.39, 0.29) is 0 Å². The van der Waals surface area contributed by atoms with Crippen LogP contribution in [-0.2, 0) is 0 Å². The molecule has 0 aromatic carbocycles. The van der Waals surface area contributed by atoms with Gasteiger partial charge in [0.1, 0.15) is 0 Å². The van der Waals surface area contributed by atoms with Crippen LogP contribution in [0, 0.1) is 0 Å². The van der Waals surface area contributed by atoms with Gasteiger partial charge in [-0.15, -0.1) is 0 Å². The summed E-state index contributed by atoms with van der Waals surface area (Å²) in [5, 5.41) is 0. The van der Waals surface area contributed by atoms with Crippen molar-refractivity contribution in [3.05, 3.63) is 42.2 Å². The smallest absolute Gasteiger partial charge is 0.0450 e. The van der Waals surface area contributed by atoms with E-state index < -0.39 is 0 Å². The predicted molar refractivity (Wildman–Crippen MR) is 56.1 cm³/mol. The first-order chi connectivity index (χ1) is 6.31. The van der Waals surface area contributed by atoms with Crippen LogP contribution in [0.15, 0.2) is 36.7 Å². The van der Waals surface area contributed by atoms with Gasteiger partial charge in [-0.05, 0) is 36.1 Å². The van der Waals surface area contributed by atoms with Crippen molar-refractivity contribution in [2.75, 3.05) is 0 Å². The zero-order valence-electron chi connectivity index (χ0n) is 8.20. The molecule has 68 valence electrons. The summed E-state index contributed by atoms with van der Waals surface area (Å²) in [6.07, 6.45) is 5.53. The van der Waals surface area contributed by atoms with Crippen LogP contribution in [0.25, 0.3) is 5.52 Å². The summed E-state index contributed by atoms with van der Waals surface area (Å²) in [6.45, 7) is 4.50. The van der Waals surface area contributed by atoms with Gasteiger partial charge in [-0.2, -0.15) is 0 Å². The fourth-order valence-corrected chi connectivity index (χ4v) is 1.58. The number of aromatic nitrogens is 1. The highest BCUT2D eigenvalue weighted by Gasteiger charge is 2.02. The molecule has 0 saturated carbocycles. The molecule has 0 amide bonds. The normalized spacial score (nSPS) is 13.4. The zero-order valence-corrected chi connectivity index (χ0v) is 8.20. The molecular formula is C12H15N. The molecule has 2 aromatic heterocycles. The SMILES string of the molecule is CCC(C)c1ccc2cccn2c1. The van der Waals surface area contributed by atoms with Crippen LogP contribution in [0.1, 0.15) is 31.7 Å². The van der Waals surface area contributed by atoms with E-state index in [1.165, 1.54) is 17.5 Å². The van der Waals surface area contributed by atoms with Gasteiger partial charge in [0, 0.05) is 17.9 Å². The van der Waals surface area contributed by atoms with Crippen molar-refractivity contribution in [2.45, 2.75) is 26.2 Å². The van der Waals surface area contributed by atoms with Gasteiger partial charge in [0.05, 0.1) is 0 Å². The van der Waals surface area contributed by atoms with Crippen molar-refractivity contribution >= 4 is 5.52 Å². The average Bonchev–Trinajstić information content (AvgIpc) is 2.63. The average molecular weight is 173 g/mol. The van der Waals surface area contributed by atoms with Crippen molar-refractivity contribution in [2.24, 2.45) is 0 Å². The highest BCUT2D eigenvalue weighted by Crippen LogP contribution is 2.19. The Hall–Kier alpha value is -1.24. The Bertz CT molecular complexity index is 400. The van der Waals surface area contributed by atoms with Crippen molar-refractivity contribution in [1.29, 1.82) is 0 Å². The number of nitrogens with zero attached hydrogens (tertiary/aromatic N) is 1. The fourth-order valence-electron chi connectivity index (χ4n) is 1.58. The molecule has 0 saturated heterocycles. The molecule has 0 aliphatic heterocycles. The van der Waals surface area contributed by atoms with E-state index >= 15 is 0 Å². The molecule has 2 heterocycles. The van der Waals surface area contributed by atoms with Gasteiger partial charge in [0.15, 0.2) is 0 Å². The van der Waals surface area contributed by atoms with Crippen LogP contribution in [0.3, 0.4) is 0 Å². The third-order valence-electron chi connectivity index (χ3n) is 2.73. The van der Waals surface area contributed by atoms with Crippen LogP contribution in [0.2, 0.25) is 0 Å². The molecule has 0 bridgehead atoms. The van der Waals surface area contributed by atoms with E-state index in [1.807, 2.05) is 0 Å². The van der Waals surface area contributed by atoms with Gasteiger partial charge in [0.2, 0.25) is 0 Å². The molecule has 1 unspecified atom stereocenters. The largest absolute Gasteiger partial charge is 0.324 e. The number of rotatable bonds is 2. The van der Waals surface area contributed by atoms with Crippen LogP contribution >= 0.6 is 0 Å². The lowest BCUT2D eigenvalue weighted by Gasteiger charge is -2.09. The Morgan fingerprint density at radius 3 is 2.92 bits per heavy atom. The van der Waals surface area contributed by atoms with Gasteiger partial charge in [0.25, 0.3) is 0 Å². The number of fused-ring (bicyclic) bond motifs is 1. The van der Waals surface area contributed by atoms with E-state index in [0.717, 1.165) is 0 Å². The maximum absolute atomic E-state index is 2.27. The standard InChI is InChI=1S/C12H15N/c1-3-10(2)11-6-7-12-5-4-8-13(12)9-11/h4-10H,3H2,1-2H3. The fraction of sp³-hybridized carbons (Fsp3) is 0.333. The third kappa shape index (κ3) is 1.46. The van der Waals surface area contributed by atoms with Crippen LogP contribution in [0.4, 0.5) is 0 Å². The number of hydrogen-bond acceptors (Lipinski definition) is 0. The first-order valence-electron chi connectivity index (χ1n) is 4.88. The summed E-state index contributed by atoms with van der Waals surface area (Å²) >= 11 is 0. The van der Waals surface area contributed by atoms with Crippen molar-refractivity contribution in [3.63, 3.8) is 0 Å².